The van der Waals surface area contributed by atoms with Crippen LogP contribution in [0.5, 0.6) is 0 Å². The van der Waals surface area contributed by atoms with Crippen molar-refractivity contribution in [2.24, 2.45) is 0 Å². The summed E-state index contributed by atoms with van der Waals surface area (Å²) < 4.78 is 11.2. The number of carbonyl (C=O) groups excluding carboxylic acids is 3. The van der Waals surface area contributed by atoms with E-state index >= 15 is 0 Å². The van der Waals surface area contributed by atoms with Crippen LogP contribution in [0.2, 0.25) is 0 Å². The van der Waals surface area contributed by atoms with Crippen LogP contribution in [0.1, 0.15) is 86.1 Å². The van der Waals surface area contributed by atoms with Gasteiger partial charge in [0.05, 0.1) is 0 Å². The Kier molecular flexibility index (Phi) is 12.4. The van der Waals surface area contributed by atoms with Crippen LogP contribution in [0.3, 0.4) is 0 Å². The van der Waals surface area contributed by atoms with E-state index < -0.39 is 5.60 Å². The smallest absolute Gasteiger partial charge is 0.410 e. The number of amides is 2. The fourth-order valence-electron chi connectivity index (χ4n) is 7.06. The number of aromatic amines is 1. The maximum atomic E-state index is 14.2. The van der Waals surface area contributed by atoms with Gasteiger partial charge in [0.1, 0.15) is 11.4 Å². The Morgan fingerprint density at radius 1 is 1.04 bits per heavy atom. The van der Waals surface area contributed by atoms with E-state index in [0.717, 1.165) is 41.0 Å². The monoisotopic (exact) mass is 711 g/mol. The zero-order valence-electron chi connectivity index (χ0n) is 31.5. The highest BCUT2D eigenvalue weighted by atomic mass is 16.6. The number of pyridine rings is 2. The second-order valence-electron chi connectivity index (χ2n) is 14.7. The summed E-state index contributed by atoms with van der Waals surface area (Å²) in [5.41, 5.74) is 5.14. The minimum atomic E-state index is -0.550. The van der Waals surface area contributed by atoms with Gasteiger partial charge in [-0.15, -0.1) is 0 Å². The van der Waals surface area contributed by atoms with Gasteiger partial charge in [0.25, 0.3) is 11.5 Å². The summed E-state index contributed by atoms with van der Waals surface area (Å²) in [6.45, 7) is 18.6. The summed E-state index contributed by atoms with van der Waals surface area (Å²) >= 11 is 0. The molecule has 0 spiro atoms. The van der Waals surface area contributed by atoms with Crippen molar-refractivity contribution in [3.63, 3.8) is 0 Å². The molecule has 2 saturated heterocycles. The molecule has 0 bridgehead atoms. The number of benzene rings is 1. The molecule has 278 valence electrons. The summed E-state index contributed by atoms with van der Waals surface area (Å²) in [4.78, 5) is 66.5. The van der Waals surface area contributed by atoms with E-state index in [1.54, 1.807) is 16.0 Å². The van der Waals surface area contributed by atoms with Gasteiger partial charge in [-0.1, -0.05) is 19.9 Å². The lowest BCUT2D eigenvalue weighted by Crippen LogP contribution is -2.50. The fraction of sp³-hybridized carbons (Fsp3) is 0.488. The second-order valence-corrected chi connectivity index (χ2v) is 14.7. The van der Waals surface area contributed by atoms with E-state index in [-0.39, 0.29) is 35.8 Å². The molecule has 2 amide bonds. The number of ether oxygens (including phenoxy) is 2. The number of nitrogens with zero attached hydrogens (tertiary/aromatic N) is 4. The lowest BCUT2D eigenvalue weighted by atomic mass is 9.91. The molecule has 0 unspecified atom stereocenters. The number of ketones is 1. The maximum Gasteiger partial charge on any atom is 0.410 e. The molecule has 0 aliphatic carbocycles. The third-order valence-electron chi connectivity index (χ3n) is 9.73. The Morgan fingerprint density at radius 3 is 2.37 bits per heavy atom. The summed E-state index contributed by atoms with van der Waals surface area (Å²) in [6, 6.07) is 9.65. The number of aryl methyl sites for hydroxylation is 2. The number of piperazine rings is 1. The van der Waals surface area contributed by atoms with Crippen molar-refractivity contribution in [2.75, 3.05) is 49.2 Å². The number of Topliss-reactive ketones (excluding diaryl/α,β-unsaturated/α-hetero) is 1. The number of aromatic nitrogens is 2. The Balaban J connectivity index is 1.46. The Morgan fingerprint density at radius 2 is 1.75 bits per heavy atom. The highest BCUT2D eigenvalue weighted by molar-refractivity contribution is 6.06. The predicted molar refractivity (Wildman–Crippen MR) is 204 cm³/mol. The summed E-state index contributed by atoms with van der Waals surface area (Å²) in [5, 5.41) is 0. The molecule has 0 saturated carbocycles. The van der Waals surface area contributed by atoms with Crippen molar-refractivity contribution < 1.29 is 23.9 Å². The molecule has 5 rings (SSSR count). The van der Waals surface area contributed by atoms with E-state index in [0.29, 0.717) is 81.0 Å². The number of rotatable bonds is 11. The molecule has 11 heteroatoms. The van der Waals surface area contributed by atoms with Gasteiger partial charge in [-0.3, -0.25) is 14.4 Å². The molecule has 0 atom stereocenters. The number of anilines is 2. The first kappa shape index (κ1) is 38.5. The molecule has 1 aromatic carbocycles. The van der Waals surface area contributed by atoms with Gasteiger partial charge in [0, 0.05) is 86.1 Å². The van der Waals surface area contributed by atoms with Crippen LogP contribution in [-0.4, -0.2) is 83.7 Å². The highest BCUT2D eigenvalue weighted by Crippen LogP contribution is 2.35. The molecule has 0 radical (unpaired) electrons. The van der Waals surface area contributed by atoms with E-state index in [1.807, 2.05) is 65.0 Å². The topological polar surface area (TPSA) is 125 Å². The van der Waals surface area contributed by atoms with Crippen molar-refractivity contribution in [2.45, 2.75) is 91.7 Å². The average Bonchev–Trinajstić information content (AvgIpc) is 3.12. The van der Waals surface area contributed by atoms with Gasteiger partial charge in [0.2, 0.25) is 0 Å². The van der Waals surface area contributed by atoms with Crippen LogP contribution in [0.4, 0.5) is 16.3 Å². The number of carbonyl (C=O) groups is 3. The fourth-order valence-corrected chi connectivity index (χ4v) is 7.06. The van der Waals surface area contributed by atoms with Crippen molar-refractivity contribution in [1.82, 2.24) is 14.9 Å². The minimum absolute atomic E-state index is 0.103. The molecule has 52 heavy (non-hydrogen) atoms. The van der Waals surface area contributed by atoms with Crippen molar-refractivity contribution in [3.8, 4) is 11.1 Å². The zero-order valence-corrected chi connectivity index (χ0v) is 31.5. The SMILES string of the molecule is C=CC(=O)N(c1cc(-c2ccc(N3CCN(C(=O)OC(C)(C)C)CC3)nc2)cc(C(=O)CCc2c(CCC)cc(C)[nH]c2=O)c1C)C1CCOCC1. The molecule has 2 aliphatic rings. The Hall–Kier alpha value is -4.77. The molecule has 1 N–H and O–H groups in total. The molecular formula is C41H53N5O6. The molecule has 2 fully saturated rings. The van der Waals surface area contributed by atoms with Gasteiger partial charge < -0.3 is 29.2 Å². The molecular weight excluding hydrogens is 658 g/mol. The van der Waals surface area contributed by atoms with Crippen molar-refractivity contribution in [3.05, 3.63) is 87.5 Å². The minimum Gasteiger partial charge on any atom is -0.444 e. The van der Waals surface area contributed by atoms with Gasteiger partial charge in [-0.05, 0) is 113 Å². The quantitative estimate of drug-likeness (QED) is 0.175. The molecule has 3 aromatic rings. The van der Waals surface area contributed by atoms with Crippen molar-refractivity contribution >= 4 is 29.3 Å². The van der Waals surface area contributed by atoms with Crippen LogP contribution in [-0.2, 0) is 27.1 Å². The normalized spacial score (nSPS) is 15.3. The third kappa shape index (κ3) is 9.17. The van der Waals surface area contributed by atoms with Crippen LogP contribution in [0.25, 0.3) is 11.1 Å². The number of hydrogen-bond acceptors (Lipinski definition) is 8. The van der Waals surface area contributed by atoms with E-state index in [9.17, 15) is 19.2 Å². The van der Waals surface area contributed by atoms with Crippen LogP contribution in [0.15, 0.2) is 54.0 Å². The number of nitrogens with one attached hydrogen (secondary N) is 1. The molecule has 2 aliphatic heterocycles. The van der Waals surface area contributed by atoms with Crippen LogP contribution >= 0.6 is 0 Å². The van der Waals surface area contributed by atoms with Crippen LogP contribution in [0, 0.1) is 13.8 Å². The largest absolute Gasteiger partial charge is 0.444 e. The summed E-state index contributed by atoms with van der Waals surface area (Å²) in [7, 11) is 0. The highest BCUT2D eigenvalue weighted by Gasteiger charge is 2.30. The first-order valence-electron chi connectivity index (χ1n) is 18.4. The first-order chi connectivity index (χ1) is 24.8. The lowest BCUT2D eigenvalue weighted by Gasteiger charge is -2.36. The standard InChI is InChI=1S/C41H53N5O6/c1-8-10-29-23-27(3)43-39(49)33(29)12-13-36(47)34-24-31(25-35(28(34)4)46(38(48)9-2)32-15-21-51-22-16-32)30-11-14-37(42-26-30)44-17-19-45(20-18-44)40(50)52-41(5,6)7/h9,11,14,23-26,32H,2,8,10,12-13,15-22H2,1,3-7H3,(H,43,49). The van der Waals surface area contributed by atoms with Gasteiger partial charge in [0.15, 0.2) is 5.78 Å². The summed E-state index contributed by atoms with van der Waals surface area (Å²) in [5.74, 6) is 0.446. The van der Waals surface area contributed by atoms with Crippen LogP contribution < -0.4 is 15.4 Å². The van der Waals surface area contributed by atoms with Crippen molar-refractivity contribution in [1.29, 1.82) is 0 Å². The molecule has 4 heterocycles. The Labute approximate surface area is 307 Å². The Bertz CT molecular complexity index is 1830. The van der Waals surface area contributed by atoms with E-state index in [4.69, 9.17) is 14.5 Å². The van der Waals surface area contributed by atoms with Gasteiger partial charge >= 0.3 is 6.09 Å². The summed E-state index contributed by atoms with van der Waals surface area (Å²) in [6.07, 6.45) is 6.24. The molecule has 11 nitrogen and oxygen atoms in total. The second kappa shape index (κ2) is 16.7. The lowest BCUT2D eigenvalue weighted by molar-refractivity contribution is -0.115. The van der Waals surface area contributed by atoms with E-state index in [1.165, 1.54) is 6.08 Å². The third-order valence-corrected chi connectivity index (χ3v) is 9.73. The van der Waals surface area contributed by atoms with E-state index in [2.05, 4.69) is 23.4 Å². The first-order valence-corrected chi connectivity index (χ1v) is 18.4. The number of hydrogen-bond donors (Lipinski definition) is 1. The molecule has 2 aromatic heterocycles. The van der Waals surface area contributed by atoms with Gasteiger partial charge in [-0.2, -0.15) is 0 Å². The number of H-pyrrole nitrogens is 1. The van der Waals surface area contributed by atoms with Gasteiger partial charge in [-0.25, -0.2) is 9.78 Å². The maximum absolute atomic E-state index is 14.2. The predicted octanol–water partition coefficient (Wildman–Crippen LogP) is 6.58. The zero-order chi connectivity index (χ0) is 37.6. The average molecular weight is 712 g/mol.